The standard InChI is InChI=1S/C11H19N5O/c1-15-10(12)9(8-14-15)11(17)13-4-7-16-5-2-3-6-16/h8H,2-7,12H2,1H3,(H,13,17). The van der Waals surface area contributed by atoms with E-state index >= 15 is 0 Å². The molecule has 0 aromatic carbocycles. The number of nitrogen functional groups attached to an aromatic ring is 1. The third-order valence-corrected chi connectivity index (χ3v) is 3.14. The van der Waals surface area contributed by atoms with E-state index in [0.29, 0.717) is 17.9 Å². The Morgan fingerprint density at radius 1 is 1.53 bits per heavy atom. The van der Waals surface area contributed by atoms with Crippen molar-refractivity contribution in [2.75, 3.05) is 31.9 Å². The SMILES string of the molecule is Cn1ncc(C(=O)NCCN2CCCC2)c1N. The van der Waals surface area contributed by atoms with Gasteiger partial charge in [0.2, 0.25) is 0 Å². The van der Waals surface area contributed by atoms with E-state index in [-0.39, 0.29) is 5.91 Å². The summed E-state index contributed by atoms with van der Waals surface area (Å²) >= 11 is 0. The second-order valence-corrected chi connectivity index (χ2v) is 4.37. The zero-order valence-corrected chi connectivity index (χ0v) is 10.1. The van der Waals surface area contributed by atoms with Crippen LogP contribution in [0.5, 0.6) is 0 Å². The van der Waals surface area contributed by atoms with Crippen molar-refractivity contribution in [3.05, 3.63) is 11.8 Å². The van der Waals surface area contributed by atoms with E-state index in [1.54, 1.807) is 7.05 Å². The minimum Gasteiger partial charge on any atom is -0.383 e. The number of amides is 1. The van der Waals surface area contributed by atoms with Crippen molar-refractivity contribution in [3.8, 4) is 0 Å². The summed E-state index contributed by atoms with van der Waals surface area (Å²) < 4.78 is 1.50. The summed E-state index contributed by atoms with van der Waals surface area (Å²) in [5.41, 5.74) is 6.18. The van der Waals surface area contributed by atoms with Gasteiger partial charge in [0.1, 0.15) is 11.4 Å². The van der Waals surface area contributed by atoms with Crippen LogP contribution in [0.25, 0.3) is 0 Å². The highest BCUT2D eigenvalue weighted by atomic mass is 16.1. The predicted molar refractivity (Wildman–Crippen MR) is 65.6 cm³/mol. The van der Waals surface area contributed by atoms with Crippen LogP contribution in [0.15, 0.2) is 6.20 Å². The fraction of sp³-hybridized carbons (Fsp3) is 0.636. The molecular formula is C11H19N5O. The van der Waals surface area contributed by atoms with E-state index in [0.717, 1.165) is 19.6 Å². The highest BCUT2D eigenvalue weighted by molar-refractivity contribution is 5.98. The van der Waals surface area contributed by atoms with Crippen LogP contribution in [0.2, 0.25) is 0 Å². The summed E-state index contributed by atoms with van der Waals surface area (Å²) in [7, 11) is 1.72. The smallest absolute Gasteiger partial charge is 0.256 e. The Morgan fingerprint density at radius 3 is 2.82 bits per heavy atom. The van der Waals surface area contributed by atoms with Crippen LogP contribution in [0.1, 0.15) is 23.2 Å². The van der Waals surface area contributed by atoms with Crippen LogP contribution in [-0.2, 0) is 7.05 Å². The van der Waals surface area contributed by atoms with Crippen molar-refractivity contribution in [2.24, 2.45) is 7.05 Å². The summed E-state index contributed by atoms with van der Waals surface area (Å²) in [6, 6.07) is 0. The Bertz CT molecular complexity index is 395. The molecule has 0 atom stereocenters. The van der Waals surface area contributed by atoms with Gasteiger partial charge in [0.25, 0.3) is 5.91 Å². The summed E-state index contributed by atoms with van der Waals surface area (Å²) in [5.74, 6) is 0.262. The Hall–Kier alpha value is -1.56. The Kier molecular flexibility index (Phi) is 3.63. The van der Waals surface area contributed by atoms with Gasteiger partial charge < -0.3 is 16.0 Å². The lowest BCUT2D eigenvalue weighted by Crippen LogP contribution is -2.33. The maximum atomic E-state index is 11.8. The van der Waals surface area contributed by atoms with Gasteiger partial charge in [-0.25, -0.2) is 0 Å². The number of carbonyl (C=O) groups excluding carboxylic acids is 1. The van der Waals surface area contributed by atoms with E-state index in [1.807, 2.05) is 0 Å². The molecule has 1 amide bonds. The van der Waals surface area contributed by atoms with Gasteiger partial charge in [-0.15, -0.1) is 0 Å². The molecular weight excluding hydrogens is 218 g/mol. The minimum absolute atomic E-state index is 0.144. The van der Waals surface area contributed by atoms with Gasteiger partial charge in [-0.2, -0.15) is 5.10 Å². The Labute approximate surface area is 101 Å². The lowest BCUT2D eigenvalue weighted by atomic mass is 10.3. The number of nitrogens with two attached hydrogens (primary N) is 1. The molecule has 1 aromatic heterocycles. The molecule has 2 rings (SSSR count). The quantitative estimate of drug-likeness (QED) is 0.762. The molecule has 0 aliphatic carbocycles. The fourth-order valence-electron chi connectivity index (χ4n) is 2.05. The van der Waals surface area contributed by atoms with Crippen molar-refractivity contribution < 1.29 is 4.79 Å². The van der Waals surface area contributed by atoms with E-state index in [9.17, 15) is 4.79 Å². The molecule has 1 aliphatic rings. The molecule has 6 nitrogen and oxygen atoms in total. The average Bonchev–Trinajstić information content (AvgIpc) is 2.91. The van der Waals surface area contributed by atoms with Crippen LogP contribution in [0, 0.1) is 0 Å². The first kappa shape index (κ1) is 11.9. The van der Waals surface area contributed by atoms with Gasteiger partial charge in [0.05, 0.1) is 6.20 Å². The molecule has 6 heteroatoms. The van der Waals surface area contributed by atoms with Crippen molar-refractivity contribution in [1.82, 2.24) is 20.0 Å². The molecule has 0 unspecified atom stereocenters. The van der Waals surface area contributed by atoms with Crippen molar-refractivity contribution in [2.45, 2.75) is 12.8 Å². The number of likely N-dealkylation sites (tertiary alicyclic amines) is 1. The van der Waals surface area contributed by atoms with Gasteiger partial charge in [-0.05, 0) is 25.9 Å². The molecule has 1 saturated heterocycles. The zero-order valence-electron chi connectivity index (χ0n) is 10.1. The van der Waals surface area contributed by atoms with Gasteiger partial charge >= 0.3 is 0 Å². The molecule has 0 radical (unpaired) electrons. The highest BCUT2D eigenvalue weighted by Crippen LogP contribution is 2.09. The average molecular weight is 237 g/mol. The summed E-state index contributed by atoms with van der Waals surface area (Å²) in [5, 5.41) is 6.81. The lowest BCUT2D eigenvalue weighted by Gasteiger charge is -2.14. The van der Waals surface area contributed by atoms with Gasteiger partial charge in [0.15, 0.2) is 0 Å². The molecule has 0 saturated carbocycles. The first-order valence-electron chi connectivity index (χ1n) is 5.96. The predicted octanol–water partition coefficient (Wildman–Crippen LogP) is -0.172. The largest absolute Gasteiger partial charge is 0.383 e. The first-order valence-corrected chi connectivity index (χ1v) is 5.96. The second kappa shape index (κ2) is 5.18. The number of nitrogens with one attached hydrogen (secondary N) is 1. The molecule has 1 aromatic rings. The number of nitrogens with zero attached hydrogens (tertiary/aromatic N) is 3. The molecule has 0 bridgehead atoms. The minimum atomic E-state index is -0.144. The van der Waals surface area contributed by atoms with Crippen molar-refractivity contribution in [3.63, 3.8) is 0 Å². The van der Waals surface area contributed by atoms with Crippen LogP contribution in [-0.4, -0.2) is 46.8 Å². The van der Waals surface area contributed by atoms with Gasteiger partial charge in [0, 0.05) is 20.1 Å². The van der Waals surface area contributed by atoms with E-state index in [1.165, 1.54) is 23.7 Å². The first-order chi connectivity index (χ1) is 8.18. The number of aromatic nitrogens is 2. The third kappa shape index (κ3) is 2.76. The van der Waals surface area contributed by atoms with Crippen molar-refractivity contribution >= 4 is 11.7 Å². The van der Waals surface area contributed by atoms with Crippen molar-refractivity contribution in [1.29, 1.82) is 0 Å². The Morgan fingerprint density at radius 2 is 2.24 bits per heavy atom. The molecule has 1 aliphatic heterocycles. The van der Waals surface area contributed by atoms with Gasteiger partial charge in [-0.3, -0.25) is 9.48 Å². The number of hydrogen-bond acceptors (Lipinski definition) is 4. The second-order valence-electron chi connectivity index (χ2n) is 4.37. The zero-order chi connectivity index (χ0) is 12.3. The number of anilines is 1. The van der Waals surface area contributed by atoms with Crippen LogP contribution < -0.4 is 11.1 Å². The lowest BCUT2D eigenvalue weighted by molar-refractivity contribution is 0.0950. The number of aryl methyl sites for hydroxylation is 1. The topological polar surface area (TPSA) is 76.2 Å². The molecule has 2 heterocycles. The fourth-order valence-corrected chi connectivity index (χ4v) is 2.05. The molecule has 94 valence electrons. The number of hydrogen-bond donors (Lipinski definition) is 2. The van der Waals surface area contributed by atoms with Crippen LogP contribution in [0.3, 0.4) is 0 Å². The van der Waals surface area contributed by atoms with Gasteiger partial charge in [-0.1, -0.05) is 0 Å². The summed E-state index contributed by atoms with van der Waals surface area (Å²) in [4.78, 5) is 14.1. The van der Waals surface area contributed by atoms with Crippen LogP contribution >= 0.6 is 0 Å². The maximum Gasteiger partial charge on any atom is 0.256 e. The summed E-state index contributed by atoms with van der Waals surface area (Å²) in [6.07, 6.45) is 4.04. The normalized spacial score (nSPS) is 16.3. The van der Waals surface area contributed by atoms with E-state index in [2.05, 4.69) is 15.3 Å². The highest BCUT2D eigenvalue weighted by Gasteiger charge is 2.14. The Balaban J connectivity index is 1.79. The summed E-state index contributed by atoms with van der Waals surface area (Å²) in [6.45, 7) is 3.86. The van der Waals surface area contributed by atoms with E-state index in [4.69, 9.17) is 5.73 Å². The van der Waals surface area contributed by atoms with Crippen LogP contribution in [0.4, 0.5) is 5.82 Å². The van der Waals surface area contributed by atoms with E-state index < -0.39 is 0 Å². The molecule has 0 spiro atoms. The number of carbonyl (C=O) groups is 1. The molecule has 17 heavy (non-hydrogen) atoms. The maximum absolute atomic E-state index is 11.8. The third-order valence-electron chi connectivity index (χ3n) is 3.14. The number of rotatable bonds is 4. The molecule has 3 N–H and O–H groups in total. The molecule has 1 fully saturated rings. The monoisotopic (exact) mass is 237 g/mol.